The van der Waals surface area contributed by atoms with Crippen LogP contribution in [0.5, 0.6) is 5.75 Å². The van der Waals surface area contributed by atoms with Gasteiger partial charge in [0.2, 0.25) is 0 Å². The lowest BCUT2D eigenvalue weighted by atomic mass is 10.1. The summed E-state index contributed by atoms with van der Waals surface area (Å²) in [5.74, 6) is 0.128. The average molecular weight is 374 g/mol. The summed E-state index contributed by atoms with van der Waals surface area (Å²) < 4.78 is 5.62. The minimum atomic E-state index is -0.599. The van der Waals surface area contributed by atoms with Crippen molar-refractivity contribution in [3.63, 3.8) is 0 Å². The molecule has 0 bridgehead atoms. The van der Waals surface area contributed by atoms with E-state index < -0.39 is 5.92 Å². The molecule has 0 saturated carbocycles. The Hall–Kier alpha value is -1.99. The van der Waals surface area contributed by atoms with Crippen LogP contribution in [-0.4, -0.2) is 27.1 Å². The summed E-state index contributed by atoms with van der Waals surface area (Å²) in [6.45, 7) is 5.96. The predicted molar refractivity (Wildman–Crippen MR) is 103 cm³/mol. The molecule has 5 nitrogen and oxygen atoms in total. The number of ether oxygens (including phenoxy) is 1. The number of Topliss-reactive ketones (excluding diaryl/α,β-unsaturated/α-hetero) is 1. The van der Waals surface area contributed by atoms with Crippen molar-refractivity contribution in [1.29, 1.82) is 5.41 Å². The van der Waals surface area contributed by atoms with Crippen molar-refractivity contribution >= 4 is 40.0 Å². The van der Waals surface area contributed by atoms with Crippen LogP contribution in [0.2, 0.25) is 0 Å². The van der Waals surface area contributed by atoms with Gasteiger partial charge in [0.1, 0.15) is 21.7 Å². The second kappa shape index (κ2) is 7.49. The Kier molecular flexibility index (Phi) is 5.34. The van der Waals surface area contributed by atoms with Crippen molar-refractivity contribution in [2.45, 2.75) is 39.2 Å². The van der Waals surface area contributed by atoms with Crippen LogP contribution >= 0.6 is 23.1 Å². The Morgan fingerprint density at radius 1 is 1.28 bits per heavy atom. The number of carbonyl (C=O) groups is 1. The van der Waals surface area contributed by atoms with E-state index in [1.807, 2.05) is 51.1 Å². The van der Waals surface area contributed by atoms with E-state index in [1.165, 1.54) is 23.1 Å². The first-order valence-electron chi connectivity index (χ1n) is 8.09. The highest BCUT2D eigenvalue weighted by atomic mass is 32.2. The van der Waals surface area contributed by atoms with Crippen molar-refractivity contribution in [3.8, 4) is 5.75 Å². The fourth-order valence-electron chi connectivity index (χ4n) is 2.41. The first kappa shape index (κ1) is 17.8. The van der Waals surface area contributed by atoms with Crippen molar-refractivity contribution in [3.05, 3.63) is 44.7 Å². The molecular formula is C18H19N3O2S2. The molecule has 1 aliphatic heterocycles. The number of benzene rings is 1. The summed E-state index contributed by atoms with van der Waals surface area (Å²) in [5, 5.41) is 18.2. The molecule has 2 heterocycles. The number of nitrogens with zero attached hydrogens (tertiary/aromatic N) is 2. The number of aryl methyl sites for hydroxylation is 1. The van der Waals surface area contributed by atoms with Gasteiger partial charge in [0, 0.05) is 0 Å². The van der Waals surface area contributed by atoms with Gasteiger partial charge in [-0.15, -0.1) is 21.5 Å². The highest BCUT2D eigenvalue weighted by Gasteiger charge is 2.39. The van der Waals surface area contributed by atoms with Crippen molar-refractivity contribution in [2.24, 2.45) is 0 Å². The van der Waals surface area contributed by atoms with Crippen molar-refractivity contribution in [1.82, 2.24) is 10.2 Å². The van der Waals surface area contributed by atoms with E-state index >= 15 is 0 Å². The molecule has 25 heavy (non-hydrogen) atoms. The number of carbonyl (C=O) groups excluding carboxylic acids is 1. The van der Waals surface area contributed by atoms with Gasteiger partial charge in [-0.1, -0.05) is 30.8 Å². The fourth-order valence-corrected chi connectivity index (χ4v) is 4.36. The number of rotatable bonds is 5. The van der Waals surface area contributed by atoms with Gasteiger partial charge in [-0.2, -0.15) is 0 Å². The van der Waals surface area contributed by atoms with Gasteiger partial charge in [0.05, 0.1) is 16.1 Å². The Morgan fingerprint density at radius 2 is 2.00 bits per heavy atom. The van der Waals surface area contributed by atoms with Crippen LogP contribution in [0, 0.1) is 5.41 Å². The topological polar surface area (TPSA) is 75.9 Å². The standard InChI is InChI=1S/C18H19N3O2S2/c1-4-14-20-21-18(25-14)15-16(22)13(24-17(15)19)9-11-5-7-12(8-6-11)23-10(2)3/h5-10,15,19H,4H2,1-3H3/b13-9-,19-17?/t15-/m1/s1. The van der Waals surface area contributed by atoms with Crippen LogP contribution in [0.25, 0.3) is 6.08 Å². The Labute approximate surface area is 155 Å². The molecule has 1 N–H and O–H groups in total. The first-order valence-corrected chi connectivity index (χ1v) is 9.72. The molecule has 0 aliphatic carbocycles. The van der Waals surface area contributed by atoms with E-state index in [-0.39, 0.29) is 11.9 Å². The maximum Gasteiger partial charge on any atom is 0.186 e. The maximum atomic E-state index is 12.7. The van der Waals surface area contributed by atoms with E-state index in [0.29, 0.717) is 15.0 Å². The van der Waals surface area contributed by atoms with Crippen molar-refractivity contribution in [2.75, 3.05) is 0 Å². The van der Waals surface area contributed by atoms with Crippen LogP contribution in [0.1, 0.15) is 42.3 Å². The SMILES string of the molecule is CCc1nnc([C@H]2C(=N)S/C(=C\c3ccc(OC(C)C)cc3)C2=O)s1. The van der Waals surface area contributed by atoms with Gasteiger partial charge in [0.25, 0.3) is 0 Å². The summed E-state index contributed by atoms with van der Waals surface area (Å²) in [4.78, 5) is 13.3. The minimum Gasteiger partial charge on any atom is -0.491 e. The molecule has 1 atom stereocenters. The summed E-state index contributed by atoms with van der Waals surface area (Å²) >= 11 is 2.62. The highest BCUT2D eigenvalue weighted by Crippen LogP contribution is 2.41. The highest BCUT2D eigenvalue weighted by molar-refractivity contribution is 8.19. The van der Waals surface area contributed by atoms with Crippen LogP contribution in [0.3, 0.4) is 0 Å². The fraction of sp³-hybridized carbons (Fsp3) is 0.333. The second-order valence-electron chi connectivity index (χ2n) is 5.90. The van der Waals surface area contributed by atoms with Gasteiger partial charge in [-0.3, -0.25) is 10.2 Å². The average Bonchev–Trinajstić information content (AvgIpc) is 3.13. The van der Waals surface area contributed by atoms with Gasteiger partial charge in [0.15, 0.2) is 5.78 Å². The molecule has 1 aromatic carbocycles. The zero-order valence-corrected chi connectivity index (χ0v) is 15.9. The molecule has 3 rings (SSSR count). The molecule has 1 aliphatic rings. The summed E-state index contributed by atoms with van der Waals surface area (Å²) in [6, 6.07) is 7.60. The van der Waals surface area contributed by atoms with Crippen molar-refractivity contribution < 1.29 is 9.53 Å². The number of thioether (sulfide) groups is 1. The molecule has 7 heteroatoms. The smallest absolute Gasteiger partial charge is 0.186 e. The quantitative estimate of drug-likeness (QED) is 0.791. The van der Waals surface area contributed by atoms with Gasteiger partial charge in [-0.25, -0.2) is 0 Å². The molecule has 0 spiro atoms. The third-order valence-corrected chi connectivity index (χ3v) is 5.70. The molecule has 0 amide bonds. The van der Waals surface area contributed by atoms with E-state index in [0.717, 1.165) is 22.7 Å². The molecule has 0 radical (unpaired) electrons. The Morgan fingerprint density at radius 3 is 2.60 bits per heavy atom. The summed E-state index contributed by atoms with van der Waals surface area (Å²) in [7, 11) is 0. The molecule has 1 saturated heterocycles. The monoisotopic (exact) mass is 373 g/mol. The number of aromatic nitrogens is 2. The third-order valence-electron chi connectivity index (χ3n) is 3.57. The molecule has 1 aromatic heterocycles. The number of ketones is 1. The zero-order valence-electron chi connectivity index (χ0n) is 14.3. The largest absolute Gasteiger partial charge is 0.491 e. The second-order valence-corrected chi connectivity index (χ2v) is 8.07. The normalized spacial score (nSPS) is 19.2. The van der Waals surface area contributed by atoms with Gasteiger partial charge < -0.3 is 4.74 Å². The minimum absolute atomic E-state index is 0.0729. The van der Waals surface area contributed by atoms with Crippen LogP contribution in [-0.2, 0) is 11.2 Å². The predicted octanol–water partition coefficient (Wildman–Crippen LogP) is 4.31. The molecule has 0 unspecified atom stereocenters. The summed E-state index contributed by atoms with van der Waals surface area (Å²) in [5.41, 5.74) is 0.909. The lowest BCUT2D eigenvalue weighted by Crippen LogP contribution is -2.11. The number of nitrogens with one attached hydrogen (secondary N) is 1. The maximum absolute atomic E-state index is 12.7. The number of hydrogen-bond acceptors (Lipinski definition) is 7. The van der Waals surface area contributed by atoms with E-state index in [9.17, 15) is 4.79 Å². The zero-order chi connectivity index (χ0) is 18.0. The van der Waals surface area contributed by atoms with Gasteiger partial charge in [-0.05, 0) is 44.0 Å². The first-order chi connectivity index (χ1) is 12.0. The molecular weight excluding hydrogens is 354 g/mol. The molecule has 1 fully saturated rings. The van der Waals surface area contributed by atoms with Crippen LogP contribution in [0.15, 0.2) is 29.2 Å². The van der Waals surface area contributed by atoms with Gasteiger partial charge >= 0.3 is 0 Å². The van der Waals surface area contributed by atoms with E-state index in [4.69, 9.17) is 10.1 Å². The van der Waals surface area contributed by atoms with E-state index in [2.05, 4.69) is 10.2 Å². The Bertz CT molecular complexity index is 825. The Balaban J connectivity index is 1.80. The number of hydrogen-bond donors (Lipinski definition) is 1. The van der Waals surface area contributed by atoms with E-state index in [1.54, 1.807) is 0 Å². The molecule has 2 aromatic rings. The van der Waals surface area contributed by atoms with Crippen LogP contribution in [0.4, 0.5) is 0 Å². The van der Waals surface area contributed by atoms with Crippen LogP contribution < -0.4 is 4.74 Å². The lowest BCUT2D eigenvalue weighted by molar-refractivity contribution is -0.114. The lowest BCUT2D eigenvalue weighted by Gasteiger charge is -2.09. The molecule has 130 valence electrons. The third kappa shape index (κ3) is 3.99. The summed E-state index contributed by atoms with van der Waals surface area (Å²) in [6.07, 6.45) is 2.73. The number of allylic oxidation sites excluding steroid dienone is 1.